The van der Waals surface area contributed by atoms with Crippen LogP contribution in [0.3, 0.4) is 0 Å². The molecule has 0 aromatic heterocycles. The predicted molar refractivity (Wildman–Crippen MR) is 86.5 cm³/mol. The quantitative estimate of drug-likeness (QED) is 0.318. The minimum Gasteiger partial charge on any atom is -0.481 e. The van der Waals surface area contributed by atoms with Crippen molar-refractivity contribution in [2.24, 2.45) is 34.2 Å². The third-order valence-corrected chi connectivity index (χ3v) is 4.72. The zero-order valence-corrected chi connectivity index (χ0v) is 13.9. The van der Waals surface area contributed by atoms with Crippen LogP contribution in [0.5, 0.6) is 0 Å². The third-order valence-electron chi connectivity index (χ3n) is 4.72. The Morgan fingerprint density at radius 1 is 1.30 bits per heavy atom. The first-order valence-corrected chi connectivity index (χ1v) is 7.99. The number of nitrogens with one attached hydrogen (secondary N) is 1. The molecular formula is C15H28N4O4. The first-order valence-electron chi connectivity index (χ1n) is 7.99. The van der Waals surface area contributed by atoms with Crippen LogP contribution in [0.15, 0.2) is 4.99 Å². The van der Waals surface area contributed by atoms with E-state index in [4.69, 9.17) is 11.5 Å². The summed E-state index contributed by atoms with van der Waals surface area (Å²) in [5.41, 5.74) is 10.9. The smallest absolute Gasteiger partial charge is 0.309 e. The lowest BCUT2D eigenvalue weighted by atomic mass is 9.80. The summed E-state index contributed by atoms with van der Waals surface area (Å²) in [6.45, 7) is 5.39. The molecule has 1 aliphatic carbocycles. The van der Waals surface area contributed by atoms with Crippen molar-refractivity contribution in [1.29, 1.82) is 0 Å². The van der Waals surface area contributed by atoms with Gasteiger partial charge in [0.1, 0.15) is 0 Å². The molecule has 7 N–H and O–H groups in total. The normalized spacial score (nSPS) is 28.4. The first-order chi connectivity index (χ1) is 10.7. The standard InChI is InChI=1S/C15H28N4O4/c1-4-8(5-2)12(18-7(3)20)11-10(19-15(16)17)6-9(13(11)21)14(22)23/h8-13,21H,4-6H2,1-3H3,(H,18,20)(H,22,23)(H4,16,17,19)/t9?,10?,11?,12-,13?/m0/s1. The molecule has 0 heterocycles. The van der Waals surface area contributed by atoms with Gasteiger partial charge < -0.3 is 27.0 Å². The molecule has 0 bridgehead atoms. The number of hydrogen-bond donors (Lipinski definition) is 5. The number of aliphatic carboxylic acids is 1. The fraction of sp³-hybridized carbons (Fsp3) is 0.800. The SMILES string of the molecule is CCC(CC)[C@H](NC(C)=O)C1C(N=C(N)N)CC(C(=O)O)C1O. The number of carboxylic acid groups (broad SMARTS) is 1. The average molecular weight is 328 g/mol. The van der Waals surface area contributed by atoms with Gasteiger partial charge in [0, 0.05) is 18.9 Å². The van der Waals surface area contributed by atoms with Crippen molar-refractivity contribution in [2.45, 2.75) is 58.2 Å². The Morgan fingerprint density at radius 2 is 1.87 bits per heavy atom. The van der Waals surface area contributed by atoms with E-state index in [0.29, 0.717) is 0 Å². The van der Waals surface area contributed by atoms with Crippen molar-refractivity contribution in [3.8, 4) is 0 Å². The van der Waals surface area contributed by atoms with Crippen molar-refractivity contribution in [2.75, 3.05) is 0 Å². The minimum atomic E-state index is -1.11. The number of rotatable bonds is 7. The number of aliphatic hydroxyl groups excluding tert-OH is 1. The molecular weight excluding hydrogens is 300 g/mol. The lowest BCUT2D eigenvalue weighted by molar-refractivity contribution is -0.145. The Bertz CT molecular complexity index is 460. The highest BCUT2D eigenvalue weighted by atomic mass is 16.4. The highest BCUT2D eigenvalue weighted by Gasteiger charge is 2.50. The molecule has 1 aliphatic rings. The molecule has 0 aliphatic heterocycles. The molecule has 1 amide bonds. The number of carbonyl (C=O) groups is 2. The van der Waals surface area contributed by atoms with Gasteiger partial charge in [-0.1, -0.05) is 26.7 Å². The second-order valence-corrected chi connectivity index (χ2v) is 6.17. The van der Waals surface area contributed by atoms with E-state index in [1.165, 1.54) is 6.92 Å². The number of carboxylic acids is 1. The predicted octanol–water partition coefficient (Wildman–Crippen LogP) is -0.349. The number of guanidine groups is 1. The molecule has 23 heavy (non-hydrogen) atoms. The van der Waals surface area contributed by atoms with Gasteiger partial charge >= 0.3 is 5.97 Å². The van der Waals surface area contributed by atoms with Crippen LogP contribution in [0, 0.1) is 17.8 Å². The molecule has 0 aromatic carbocycles. The van der Waals surface area contributed by atoms with Crippen LogP contribution < -0.4 is 16.8 Å². The Kier molecular flexibility index (Phi) is 6.80. The van der Waals surface area contributed by atoms with Gasteiger partial charge in [-0.3, -0.25) is 9.59 Å². The molecule has 0 aromatic rings. The van der Waals surface area contributed by atoms with Crippen LogP contribution in [0.2, 0.25) is 0 Å². The Labute approximate surface area is 136 Å². The Balaban J connectivity index is 3.23. The molecule has 8 nitrogen and oxygen atoms in total. The van der Waals surface area contributed by atoms with Crippen LogP contribution in [0.1, 0.15) is 40.0 Å². The van der Waals surface area contributed by atoms with Crippen LogP contribution in [-0.4, -0.2) is 46.2 Å². The second-order valence-electron chi connectivity index (χ2n) is 6.17. The third kappa shape index (κ3) is 4.57. The van der Waals surface area contributed by atoms with E-state index in [2.05, 4.69) is 10.3 Å². The summed E-state index contributed by atoms with van der Waals surface area (Å²) < 4.78 is 0. The summed E-state index contributed by atoms with van der Waals surface area (Å²) in [5, 5.41) is 22.7. The van der Waals surface area contributed by atoms with E-state index >= 15 is 0 Å². The molecule has 5 atom stereocenters. The lowest BCUT2D eigenvalue weighted by Gasteiger charge is -2.35. The van der Waals surface area contributed by atoms with E-state index in [-0.39, 0.29) is 30.2 Å². The zero-order valence-electron chi connectivity index (χ0n) is 13.9. The largest absolute Gasteiger partial charge is 0.481 e. The van der Waals surface area contributed by atoms with Gasteiger partial charge in [-0.05, 0) is 12.3 Å². The number of amides is 1. The Morgan fingerprint density at radius 3 is 2.26 bits per heavy atom. The van der Waals surface area contributed by atoms with E-state index in [1.807, 2.05) is 13.8 Å². The van der Waals surface area contributed by atoms with Crippen molar-refractivity contribution < 1.29 is 19.8 Å². The summed E-state index contributed by atoms with van der Waals surface area (Å²) in [7, 11) is 0. The molecule has 1 fully saturated rings. The minimum absolute atomic E-state index is 0.0998. The van der Waals surface area contributed by atoms with E-state index < -0.39 is 30.0 Å². The van der Waals surface area contributed by atoms with Crippen LogP contribution >= 0.6 is 0 Å². The van der Waals surface area contributed by atoms with Crippen molar-refractivity contribution in [3.05, 3.63) is 0 Å². The maximum absolute atomic E-state index is 11.6. The molecule has 8 heteroatoms. The average Bonchev–Trinajstić information content (AvgIpc) is 2.74. The molecule has 1 saturated carbocycles. The fourth-order valence-corrected chi connectivity index (χ4v) is 3.64. The van der Waals surface area contributed by atoms with Gasteiger partial charge in [0.05, 0.1) is 18.1 Å². The monoisotopic (exact) mass is 328 g/mol. The molecule has 1 rings (SSSR count). The van der Waals surface area contributed by atoms with Gasteiger partial charge in [0.2, 0.25) is 5.91 Å². The molecule has 0 saturated heterocycles. The summed E-state index contributed by atoms with van der Waals surface area (Å²) >= 11 is 0. The van der Waals surface area contributed by atoms with Gasteiger partial charge in [-0.15, -0.1) is 0 Å². The first kappa shape index (κ1) is 19.2. The number of carbonyl (C=O) groups excluding carboxylic acids is 1. The van der Waals surface area contributed by atoms with Crippen molar-refractivity contribution >= 4 is 17.8 Å². The van der Waals surface area contributed by atoms with Gasteiger partial charge in [0.15, 0.2) is 5.96 Å². The maximum atomic E-state index is 11.6. The van der Waals surface area contributed by atoms with E-state index in [1.54, 1.807) is 0 Å². The number of nitrogens with zero attached hydrogens (tertiary/aromatic N) is 1. The summed E-state index contributed by atoms with van der Waals surface area (Å²) in [5.74, 6) is -2.84. The topological polar surface area (TPSA) is 151 Å². The molecule has 4 unspecified atom stereocenters. The number of nitrogens with two attached hydrogens (primary N) is 2. The van der Waals surface area contributed by atoms with Crippen LogP contribution in [0.4, 0.5) is 0 Å². The Hall–Kier alpha value is -1.83. The van der Waals surface area contributed by atoms with Gasteiger partial charge in [-0.2, -0.15) is 0 Å². The molecule has 0 spiro atoms. The maximum Gasteiger partial charge on any atom is 0.309 e. The number of hydrogen-bond acceptors (Lipinski definition) is 4. The van der Waals surface area contributed by atoms with E-state index in [0.717, 1.165) is 12.8 Å². The van der Waals surface area contributed by atoms with Gasteiger partial charge in [0.25, 0.3) is 0 Å². The van der Waals surface area contributed by atoms with Crippen molar-refractivity contribution in [3.63, 3.8) is 0 Å². The van der Waals surface area contributed by atoms with Crippen LogP contribution in [0.25, 0.3) is 0 Å². The highest BCUT2D eigenvalue weighted by molar-refractivity contribution is 5.76. The highest BCUT2D eigenvalue weighted by Crippen LogP contribution is 2.39. The van der Waals surface area contributed by atoms with Crippen molar-refractivity contribution in [1.82, 2.24) is 5.32 Å². The zero-order chi connectivity index (χ0) is 17.7. The summed E-state index contributed by atoms with van der Waals surface area (Å²) in [6.07, 6.45) is 0.612. The van der Waals surface area contributed by atoms with E-state index in [9.17, 15) is 19.8 Å². The second kappa shape index (κ2) is 8.14. The summed E-state index contributed by atoms with van der Waals surface area (Å²) in [4.78, 5) is 27.1. The number of aliphatic hydroxyl groups is 1. The fourth-order valence-electron chi connectivity index (χ4n) is 3.64. The lowest BCUT2D eigenvalue weighted by Crippen LogP contribution is -2.51. The molecule has 0 radical (unpaired) electrons. The molecule has 132 valence electrons. The van der Waals surface area contributed by atoms with Gasteiger partial charge in [-0.25, -0.2) is 4.99 Å². The van der Waals surface area contributed by atoms with Crippen LogP contribution in [-0.2, 0) is 9.59 Å². The summed E-state index contributed by atoms with van der Waals surface area (Å²) in [6, 6.07) is -0.913. The number of aliphatic imine (C=N–C) groups is 1.